The lowest BCUT2D eigenvalue weighted by Crippen LogP contribution is -1.87. The van der Waals surface area contributed by atoms with E-state index in [2.05, 4.69) is 109 Å². The first kappa shape index (κ1) is 17.1. The fourth-order valence-electron chi connectivity index (χ4n) is 4.49. The summed E-state index contributed by atoms with van der Waals surface area (Å²) in [6.07, 6.45) is 0.858. The molecule has 0 bridgehead atoms. The van der Waals surface area contributed by atoms with Gasteiger partial charge in [0.1, 0.15) is 11.2 Å². The van der Waals surface area contributed by atoms with Crippen LogP contribution in [0, 0.1) is 0 Å². The van der Waals surface area contributed by atoms with Crippen LogP contribution in [-0.2, 0) is 6.42 Å². The second-order valence-electron chi connectivity index (χ2n) is 7.77. The summed E-state index contributed by atoms with van der Waals surface area (Å²) >= 11 is 0. The minimum absolute atomic E-state index is 0.858. The molecule has 0 saturated carbocycles. The third kappa shape index (κ3) is 2.71. The first-order valence-corrected chi connectivity index (χ1v) is 10.3. The van der Waals surface area contributed by atoms with Gasteiger partial charge in [-0.2, -0.15) is 0 Å². The molecule has 0 radical (unpaired) electrons. The molecule has 0 fully saturated rings. The number of rotatable bonds is 3. The van der Waals surface area contributed by atoms with Gasteiger partial charge in [-0.3, -0.25) is 0 Å². The molecule has 1 heterocycles. The van der Waals surface area contributed by atoms with Gasteiger partial charge in [-0.15, -0.1) is 0 Å². The maximum absolute atomic E-state index is 6.65. The summed E-state index contributed by atoms with van der Waals surface area (Å²) in [7, 11) is 0. The summed E-state index contributed by atoms with van der Waals surface area (Å²) in [5.41, 5.74) is 6.79. The maximum atomic E-state index is 6.65. The zero-order valence-electron chi connectivity index (χ0n) is 16.5. The molecule has 1 heteroatoms. The standard InChI is InChI=1S/C29H20O/c1-3-10-20(11-4-1)18-23-15-9-17-25-27-24-16-8-7-14-22(24)19-26(29(27)30-28(23)25)21-12-5-2-6-13-21/h1-17,19H,18H2. The second-order valence-corrected chi connectivity index (χ2v) is 7.77. The largest absolute Gasteiger partial charge is 0.455 e. The van der Waals surface area contributed by atoms with Gasteiger partial charge in [0, 0.05) is 22.8 Å². The Morgan fingerprint density at radius 3 is 2.10 bits per heavy atom. The molecule has 6 aromatic rings. The fraction of sp³-hybridized carbons (Fsp3) is 0.0345. The molecule has 0 unspecified atom stereocenters. The predicted octanol–water partition coefficient (Wildman–Crippen LogP) is 8.00. The van der Waals surface area contributed by atoms with Crippen LogP contribution < -0.4 is 0 Å². The van der Waals surface area contributed by atoms with Crippen molar-refractivity contribution < 1.29 is 4.42 Å². The molecular formula is C29H20O. The maximum Gasteiger partial charge on any atom is 0.143 e. The topological polar surface area (TPSA) is 13.1 Å². The predicted molar refractivity (Wildman–Crippen MR) is 126 cm³/mol. The molecule has 0 spiro atoms. The number of hydrogen-bond acceptors (Lipinski definition) is 1. The number of benzene rings is 5. The third-order valence-corrected chi connectivity index (χ3v) is 5.89. The third-order valence-electron chi connectivity index (χ3n) is 5.89. The van der Waals surface area contributed by atoms with Crippen LogP contribution in [0.3, 0.4) is 0 Å². The van der Waals surface area contributed by atoms with Crippen LogP contribution in [0.4, 0.5) is 0 Å². The van der Waals surface area contributed by atoms with Gasteiger partial charge >= 0.3 is 0 Å². The Kier molecular flexibility index (Phi) is 3.92. The molecule has 0 atom stereocenters. The highest BCUT2D eigenvalue weighted by atomic mass is 16.3. The molecule has 0 N–H and O–H groups in total. The quantitative estimate of drug-likeness (QED) is 0.301. The highest BCUT2D eigenvalue weighted by Crippen LogP contribution is 2.41. The van der Waals surface area contributed by atoms with E-state index in [0.717, 1.165) is 23.2 Å². The molecule has 5 aromatic carbocycles. The highest BCUT2D eigenvalue weighted by molar-refractivity contribution is 6.22. The molecule has 0 amide bonds. The van der Waals surface area contributed by atoms with E-state index < -0.39 is 0 Å². The summed E-state index contributed by atoms with van der Waals surface area (Å²) in [6.45, 7) is 0. The molecule has 1 nitrogen and oxygen atoms in total. The highest BCUT2D eigenvalue weighted by Gasteiger charge is 2.17. The molecular weight excluding hydrogens is 364 g/mol. The Hall–Kier alpha value is -3.84. The summed E-state index contributed by atoms with van der Waals surface area (Å²) < 4.78 is 6.65. The molecule has 142 valence electrons. The molecule has 0 saturated heterocycles. The molecule has 0 aliphatic heterocycles. The minimum atomic E-state index is 0.858. The Morgan fingerprint density at radius 1 is 0.567 bits per heavy atom. The van der Waals surface area contributed by atoms with Crippen molar-refractivity contribution in [3.05, 3.63) is 120 Å². The molecule has 0 aliphatic rings. The normalized spacial score (nSPS) is 11.5. The van der Waals surface area contributed by atoms with Gasteiger partial charge in [0.05, 0.1) is 0 Å². The van der Waals surface area contributed by atoms with Crippen molar-refractivity contribution in [1.29, 1.82) is 0 Å². The number of fused-ring (bicyclic) bond motifs is 5. The second kappa shape index (κ2) is 6.89. The van der Waals surface area contributed by atoms with Crippen molar-refractivity contribution in [3.8, 4) is 11.1 Å². The van der Waals surface area contributed by atoms with E-state index in [4.69, 9.17) is 4.42 Å². The Labute approximate surface area is 175 Å². The van der Waals surface area contributed by atoms with Crippen LogP contribution in [0.2, 0.25) is 0 Å². The van der Waals surface area contributed by atoms with Gasteiger partial charge in [-0.25, -0.2) is 0 Å². The minimum Gasteiger partial charge on any atom is -0.455 e. The average molecular weight is 384 g/mol. The lowest BCUT2D eigenvalue weighted by molar-refractivity contribution is 0.665. The van der Waals surface area contributed by atoms with E-state index in [9.17, 15) is 0 Å². The molecule has 6 rings (SSSR count). The van der Waals surface area contributed by atoms with E-state index in [1.165, 1.54) is 38.2 Å². The van der Waals surface area contributed by atoms with Gasteiger partial charge in [0.15, 0.2) is 0 Å². The van der Waals surface area contributed by atoms with Gasteiger partial charge < -0.3 is 4.42 Å². The van der Waals surface area contributed by atoms with Crippen LogP contribution >= 0.6 is 0 Å². The zero-order chi connectivity index (χ0) is 19.9. The van der Waals surface area contributed by atoms with Gasteiger partial charge in [0.2, 0.25) is 0 Å². The first-order valence-electron chi connectivity index (χ1n) is 10.3. The van der Waals surface area contributed by atoms with Crippen molar-refractivity contribution in [1.82, 2.24) is 0 Å². The summed E-state index contributed by atoms with van der Waals surface area (Å²) in [5.74, 6) is 0. The molecule has 30 heavy (non-hydrogen) atoms. The monoisotopic (exact) mass is 384 g/mol. The molecule has 1 aromatic heterocycles. The van der Waals surface area contributed by atoms with Crippen LogP contribution in [0.1, 0.15) is 11.1 Å². The lowest BCUT2D eigenvalue weighted by atomic mass is 9.95. The van der Waals surface area contributed by atoms with Crippen molar-refractivity contribution in [2.75, 3.05) is 0 Å². The number of hydrogen-bond donors (Lipinski definition) is 0. The van der Waals surface area contributed by atoms with Crippen LogP contribution in [-0.4, -0.2) is 0 Å². The van der Waals surface area contributed by atoms with Crippen LogP contribution in [0.5, 0.6) is 0 Å². The zero-order valence-corrected chi connectivity index (χ0v) is 16.5. The van der Waals surface area contributed by atoms with Crippen LogP contribution in [0.25, 0.3) is 43.8 Å². The van der Waals surface area contributed by atoms with Gasteiger partial charge in [0.25, 0.3) is 0 Å². The smallest absolute Gasteiger partial charge is 0.143 e. The van der Waals surface area contributed by atoms with Gasteiger partial charge in [-0.05, 0) is 33.5 Å². The summed E-state index contributed by atoms with van der Waals surface area (Å²) in [6, 6.07) is 38.5. The number of furan rings is 1. The van der Waals surface area contributed by atoms with E-state index in [0.29, 0.717) is 0 Å². The fourth-order valence-corrected chi connectivity index (χ4v) is 4.49. The van der Waals surface area contributed by atoms with E-state index in [-0.39, 0.29) is 0 Å². The molecule has 0 aliphatic carbocycles. The Balaban J connectivity index is 1.70. The van der Waals surface area contributed by atoms with Crippen molar-refractivity contribution >= 4 is 32.7 Å². The Bertz CT molecular complexity index is 1490. The number of para-hydroxylation sites is 1. The van der Waals surface area contributed by atoms with Crippen molar-refractivity contribution in [2.24, 2.45) is 0 Å². The van der Waals surface area contributed by atoms with E-state index >= 15 is 0 Å². The lowest BCUT2D eigenvalue weighted by Gasteiger charge is -2.06. The van der Waals surface area contributed by atoms with Crippen LogP contribution in [0.15, 0.2) is 114 Å². The van der Waals surface area contributed by atoms with E-state index in [1.807, 2.05) is 0 Å². The average Bonchev–Trinajstić information content (AvgIpc) is 3.21. The SMILES string of the molecule is c1ccc(Cc2cccc3c2oc2c(-c4ccccc4)cc4ccccc4c23)cc1. The summed E-state index contributed by atoms with van der Waals surface area (Å²) in [5, 5.41) is 4.87. The van der Waals surface area contributed by atoms with Crippen molar-refractivity contribution in [2.45, 2.75) is 6.42 Å². The van der Waals surface area contributed by atoms with Gasteiger partial charge in [-0.1, -0.05) is 103 Å². The Morgan fingerprint density at radius 2 is 1.27 bits per heavy atom. The van der Waals surface area contributed by atoms with E-state index in [1.54, 1.807) is 0 Å². The van der Waals surface area contributed by atoms with Crippen molar-refractivity contribution in [3.63, 3.8) is 0 Å². The summed E-state index contributed by atoms with van der Waals surface area (Å²) in [4.78, 5) is 0. The first-order chi connectivity index (χ1) is 14.9.